The quantitative estimate of drug-likeness (QED) is 0.704. The second-order valence-electron chi connectivity index (χ2n) is 4.99. The highest BCUT2D eigenvalue weighted by Gasteiger charge is 2.20. The Morgan fingerprint density at radius 3 is 2.65 bits per heavy atom. The summed E-state index contributed by atoms with van der Waals surface area (Å²) in [5, 5.41) is 14.1. The first-order chi connectivity index (χ1) is 9.49. The molecule has 0 aliphatic rings. The third-order valence-corrected chi connectivity index (χ3v) is 2.70. The third-order valence-electron chi connectivity index (χ3n) is 2.70. The van der Waals surface area contributed by atoms with Gasteiger partial charge >= 0.3 is 12.0 Å². The van der Waals surface area contributed by atoms with E-state index in [2.05, 4.69) is 15.6 Å². The predicted octanol–water partition coefficient (Wildman–Crippen LogP) is 1.42. The van der Waals surface area contributed by atoms with E-state index < -0.39 is 18.0 Å². The van der Waals surface area contributed by atoms with Crippen LogP contribution in [-0.4, -0.2) is 34.7 Å². The molecule has 1 atom stereocenters. The van der Waals surface area contributed by atoms with Crippen molar-refractivity contribution in [1.82, 2.24) is 15.6 Å². The molecule has 1 aromatic rings. The van der Waals surface area contributed by atoms with Crippen molar-refractivity contribution in [2.45, 2.75) is 32.7 Å². The minimum atomic E-state index is -1.02. The Morgan fingerprint density at radius 1 is 1.35 bits per heavy atom. The van der Waals surface area contributed by atoms with Gasteiger partial charge in [-0.1, -0.05) is 19.9 Å². The number of hydrogen-bond acceptors (Lipinski definition) is 3. The highest BCUT2D eigenvalue weighted by atomic mass is 16.4. The summed E-state index contributed by atoms with van der Waals surface area (Å²) in [7, 11) is 0. The second kappa shape index (κ2) is 8.14. The van der Waals surface area contributed by atoms with Gasteiger partial charge in [-0.25, -0.2) is 9.59 Å². The SMILES string of the molecule is CC(C)C[C@@H](NC(=O)NCCc1ccccn1)C(=O)O. The molecule has 0 fully saturated rings. The Balaban J connectivity index is 2.33. The maximum absolute atomic E-state index is 11.6. The van der Waals surface area contributed by atoms with Crippen LogP contribution in [0.4, 0.5) is 4.79 Å². The van der Waals surface area contributed by atoms with Crippen LogP contribution in [0.5, 0.6) is 0 Å². The van der Waals surface area contributed by atoms with Gasteiger partial charge in [0.15, 0.2) is 0 Å². The molecule has 0 aromatic carbocycles. The van der Waals surface area contributed by atoms with Crippen LogP contribution in [0.15, 0.2) is 24.4 Å². The number of urea groups is 1. The fraction of sp³-hybridized carbons (Fsp3) is 0.500. The van der Waals surface area contributed by atoms with Crippen molar-refractivity contribution in [3.63, 3.8) is 0 Å². The minimum Gasteiger partial charge on any atom is -0.480 e. The molecule has 3 N–H and O–H groups in total. The Bertz CT molecular complexity index is 435. The van der Waals surface area contributed by atoms with Crippen molar-refractivity contribution in [3.05, 3.63) is 30.1 Å². The van der Waals surface area contributed by atoms with Crippen molar-refractivity contribution < 1.29 is 14.7 Å². The normalized spacial score (nSPS) is 11.9. The Hall–Kier alpha value is -2.11. The van der Waals surface area contributed by atoms with E-state index in [1.165, 1.54) is 0 Å². The van der Waals surface area contributed by atoms with E-state index in [1.54, 1.807) is 6.20 Å². The summed E-state index contributed by atoms with van der Waals surface area (Å²) in [6.07, 6.45) is 2.71. The molecule has 0 bridgehead atoms. The summed E-state index contributed by atoms with van der Waals surface area (Å²) in [5.74, 6) is -0.816. The fourth-order valence-corrected chi connectivity index (χ4v) is 1.75. The molecule has 0 aliphatic carbocycles. The van der Waals surface area contributed by atoms with Gasteiger partial charge in [-0.3, -0.25) is 4.98 Å². The van der Waals surface area contributed by atoms with Gasteiger partial charge in [-0.15, -0.1) is 0 Å². The van der Waals surface area contributed by atoms with Gasteiger partial charge in [-0.05, 0) is 24.5 Å². The smallest absolute Gasteiger partial charge is 0.326 e. The largest absolute Gasteiger partial charge is 0.480 e. The molecule has 0 unspecified atom stereocenters. The Labute approximate surface area is 118 Å². The van der Waals surface area contributed by atoms with E-state index in [1.807, 2.05) is 32.0 Å². The van der Waals surface area contributed by atoms with Gasteiger partial charge < -0.3 is 15.7 Å². The highest BCUT2D eigenvalue weighted by molar-refractivity contribution is 5.82. The van der Waals surface area contributed by atoms with Crippen LogP contribution in [0, 0.1) is 5.92 Å². The fourth-order valence-electron chi connectivity index (χ4n) is 1.75. The summed E-state index contributed by atoms with van der Waals surface area (Å²) >= 11 is 0. The van der Waals surface area contributed by atoms with Crippen LogP contribution in [0.1, 0.15) is 26.0 Å². The van der Waals surface area contributed by atoms with E-state index in [-0.39, 0.29) is 5.92 Å². The number of rotatable bonds is 7. The molecule has 0 aliphatic heterocycles. The lowest BCUT2D eigenvalue weighted by atomic mass is 10.0. The Kier molecular flexibility index (Phi) is 6.49. The minimum absolute atomic E-state index is 0.199. The lowest BCUT2D eigenvalue weighted by Crippen LogP contribution is -2.47. The third kappa shape index (κ3) is 6.17. The average Bonchev–Trinajstić information content (AvgIpc) is 2.38. The van der Waals surface area contributed by atoms with Gasteiger partial charge in [0.25, 0.3) is 0 Å². The van der Waals surface area contributed by atoms with Crippen molar-refractivity contribution in [3.8, 4) is 0 Å². The number of aliphatic carboxylic acids is 1. The second-order valence-corrected chi connectivity index (χ2v) is 4.99. The first-order valence-corrected chi connectivity index (χ1v) is 6.66. The molecule has 0 saturated carbocycles. The number of carboxylic acids is 1. The zero-order chi connectivity index (χ0) is 15.0. The lowest BCUT2D eigenvalue weighted by Gasteiger charge is -2.16. The first kappa shape index (κ1) is 15.9. The van der Waals surface area contributed by atoms with Crippen LogP contribution in [-0.2, 0) is 11.2 Å². The molecular formula is C14H21N3O3. The van der Waals surface area contributed by atoms with Gasteiger partial charge in [0.1, 0.15) is 6.04 Å². The molecule has 6 heteroatoms. The maximum atomic E-state index is 11.6. The number of carbonyl (C=O) groups excluding carboxylic acids is 1. The van der Waals surface area contributed by atoms with E-state index in [9.17, 15) is 9.59 Å². The van der Waals surface area contributed by atoms with Gasteiger partial charge in [-0.2, -0.15) is 0 Å². The first-order valence-electron chi connectivity index (χ1n) is 6.66. The van der Waals surface area contributed by atoms with Crippen LogP contribution >= 0.6 is 0 Å². The van der Waals surface area contributed by atoms with Gasteiger partial charge in [0.05, 0.1) is 0 Å². The van der Waals surface area contributed by atoms with E-state index in [0.29, 0.717) is 19.4 Å². The predicted molar refractivity (Wildman–Crippen MR) is 75.4 cm³/mol. The number of nitrogens with zero attached hydrogens (tertiary/aromatic N) is 1. The van der Waals surface area contributed by atoms with Crippen LogP contribution in [0.2, 0.25) is 0 Å². The number of pyridine rings is 1. The number of carboxylic acid groups (broad SMARTS) is 1. The number of hydrogen-bond donors (Lipinski definition) is 3. The Morgan fingerprint density at radius 2 is 2.10 bits per heavy atom. The molecule has 0 saturated heterocycles. The summed E-state index contributed by atoms with van der Waals surface area (Å²) in [4.78, 5) is 26.8. The van der Waals surface area contributed by atoms with Crippen molar-refractivity contribution >= 4 is 12.0 Å². The summed E-state index contributed by atoms with van der Waals surface area (Å²) in [6, 6.07) is 4.26. The average molecular weight is 279 g/mol. The molecule has 1 heterocycles. The maximum Gasteiger partial charge on any atom is 0.326 e. The van der Waals surface area contributed by atoms with Crippen LogP contribution in [0.25, 0.3) is 0 Å². The molecular weight excluding hydrogens is 258 g/mol. The zero-order valence-corrected chi connectivity index (χ0v) is 11.8. The zero-order valence-electron chi connectivity index (χ0n) is 11.8. The van der Waals surface area contributed by atoms with Crippen molar-refractivity contribution in [2.75, 3.05) is 6.54 Å². The lowest BCUT2D eigenvalue weighted by molar-refractivity contribution is -0.139. The summed E-state index contributed by atoms with van der Waals surface area (Å²) < 4.78 is 0. The molecule has 110 valence electrons. The summed E-state index contributed by atoms with van der Waals surface area (Å²) in [6.45, 7) is 4.24. The van der Waals surface area contributed by atoms with Gasteiger partial charge in [0.2, 0.25) is 0 Å². The molecule has 2 amide bonds. The molecule has 1 aromatic heterocycles. The van der Waals surface area contributed by atoms with Crippen LogP contribution < -0.4 is 10.6 Å². The topological polar surface area (TPSA) is 91.3 Å². The molecule has 20 heavy (non-hydrogen) atoms. The van der Waals surface area contributed by atoms with Crippen molar-refractivity contribution in [2.24, 2.45) is 5.92 Å². The van der Waals surface area contributed by atoms with E-state index >= 15 is 0 Å². The molecule has 0 spiro atoms. The van der Waals surface area contributed by atoms with Crippen molar-refractivity contribution in [1.29, 1.82) is 0 Å². The number of aromatic nitrogens is 1. The molecule has 0 radical (unpaired) electrons. The highest BCUT2D eigenvalue weighted by Crippen LogP contribution is 2.04. The molecule has 1 rings (SSSR count). The summed E-state index contributed by atoms with van der Waals surface area (Å²) in [5.41, 5.74) is 0.879. The number of nitrogens with one attached hydrogen (secondary N) is 2. The number of carbonyl (C=O) groups is 2. The van der Waals surface area contributed by atoms with Crippen LogP contribution in [0.3, 0.4) is 0 Å². The molecule has 6 nitrogen and oxygen atoms in total. The van der Waals surface area contributed by atoms with E-state index in [4.69, 9.17) is 5.11 Å². The number of amides is 2. The monoisotopic (exact) mass is 279 g/mol. The van der Waals surface area contributed by atoms with Gasteiger partial charge in [0, 0.05) is 24.9 Å². The van der Waals surface area contributed by atoms with E-state index in [0.717, 1.165) is 5.69 Å². The standard InChI is InChI=1S/C14H21N3O3/c1-10(2)9-12(13(18)19)17-14(20)16-8-6-11-5-3-4-7-15-11/h3-5,7,10,12H,6,8-9H2,1-2H3,(H,18,19)(H2,16,17,20)/t12-/m1/s1.